The number of benzene rings is 1. The van der Waals surface area contributed by atoms with Crippen molar-refractivity contribution in [3.63, 3.8) is 0 Å². The standard InChI is InChI=1S/C21H25N5OS/c1-2-25-11-13-26(14-12-25)19(27)9-10-22-20-16-6-3-4-7-17(16)23-21(24-20)18-8-5-15-28-18/h3-8,15H,2,9-14H2,1H3,(H,22,23,24)/p+1. The number of carbonyl (C=O) groups excluding carboxylic acids is 1. The third-order valence-corrected chi connectivity index (χ3v) is 6.17. The predicted octanol–water partition coefficient (Wildman–Crippen LogP) is 1.91. The van der Waals surface area contributed by atoms with Gasteiger partial charge in [-0.1, -0.05) is 18.2 Å². The molecule has 2 aromatic heterocycles. The van der Waals surface area contributed by atoms with Gasteiger partial charge in [-0.05, 0) is 30.5 Å². The molecule has 146 valence electrons. The van der Waals surface area contributed by atoms with Gasteiger partial charge in [-0.2, -0.15) is 0 Å². The lowest BCUT2D eigenvalue weighted by molar-refractivity contribution is -0.902. The van der Waals surface area contributed by atoms with Gasteiger partial charge in [0.05, 0.1) is 43.1 Å². The zero-order chi connectivity index (χ0) is 19.3. The molecule has 1 aliphatic heterocycles. The van der Waals surface area contributed by atoms with E-state index in [1.165, 1.54) is 0 Å². The summed E-state index contributed by atoms with van der Waals surface area (Å²) in [5, 5.41) is 6.39. The molecule has 3 heterocycles. The van der Waals surface area contributed by atoms with Gasteiger partial charge in [0.15, 0.2) is 5.82 Å². The molecule has 3 aromatic rings. The van der Waals surface area contributed by atoms with E-state index in [-0.39, 0.29) is 5.91 Å². The number of nitrogens with one attached hydrogen (secondary N) is 2. The van der Waals surface area contributed by atoms with E-state index in [9.17, 15) is 4.79 Å². The number of amides is 1. The number of carbonyl (C=O) groups is 1. The Bertz CT molecular complexity index is 935. The zero-order valence-electron chi connectivity index (χ0n) is 16.1. The maximum Gasteiger partial charge on any atom is 0.224 e. The number of para-hydroxylation sites is 1. The van der Waals surface area contributed by atoms with Gasteiger partial charge >= 0.3 is 0 Å². The highest BCUT2D eigenvalue weighted by Crippen LogP contribution is 2.27. The van der Waals surface area contributed by atoms with Crippen molar-refractivity contribution in [1.82, 2.24) is 14.9 Å². The van der Waals surface area contributed by atoms with Crippen LogP contribution in [0, 0.1) is 0 Å². The zero-order valence-corrected chi connectivity index (χ0v) is 17.0. The molecule has 7 heteroatoms. The minimum atomic E-state index is 0.222. The molecule has 0 spiro atoms. The second-order valence-corrected chi connectivity index (χ2v) is 8.00. The third-order valence-electron chi connectivity index (χ3n) is 5.30. The van der Waals surface area contributed by atoms with Crippen LogP contribution >= 0.6 is 11.3 Å². The largest absolute Gasteiger partial charge is 0.369 e. The minimum Gasteiger partial charge on any atom is -0.369 e. The molecule has 1 aliphatic rings. The normalized spacial score (nSPS) is 15.1. The highest BCUT2D eigenvalue weighted by molar-refractivity contribution is 7.13. The number of nitrogens with zero attached hydrogens (tertiary/aromatic N) is 3. The van der Waals surface area contributed by atoms with Crippen molar-refractivity contribution in [2.24, 2.45) is 0 Å². The molecule has 0 aliphatic carbocycles. The van der Waals surface area contributed by atoms with Gasteiger partial charge in [0.2, 0.25) is 5.91 Å². The monoisotopic (exact) mass is 396 g/mol. The van der Waals surface area contributed by atoms with Gasteiger partial charge in [-0.3, -0.25) is 4.79 Å². The number of hydrogen-bond donors (Lipinski definition) is 2. The molecule has 0 unspecified atom stereocenters. The molecular weight excluding hydrogens is 370 g/mol. The summed E-state index contributed by atoms with van der Waals surface area (Å²) < 4.78 is 0. The van der Waals surface area contributed by atoms with Crippen molar-refractivity contribution in [3.05, 3.63) is 41.8 Å². The number of thiophene rings is 1. The summed E-state index contributed by atoms with van der Waals surface area (Å²) in [6.07, 6.45) is 0.480. The van der Waals surface area contributed by atoms with Gasteiger partial charge in [-0.15, -0.1) is 11.3 Å². The van der Waals surface area contributed by atoms with Crippen LogP contribution in [0.1, 0.15) is 13.3 Å². The van der Waals surface area contributed by atoms with Gasteiger partial charge < -0.3 is 15.1 Å². The van der Waals surface area contributed by atoms with Crippen LogP contribution in [-0.2, 0) is 4.79 Å². The Morgan fingerprint density at radius 1 is 1.18 bits per heavy atom. The summed E-state index contributed by atoms with van der Waals surface area (Å²) in [5.74, 6) is 1.74. The van der Waals surface area contributed by atoms with E-state index in [0.29, 0.717) is 13.0 Å². The SMILES string of the molecule is CC[NH+]1CCN(C(=O)CCNc2nc(-c3cccs3)nc3ccccc23)CC1. The van der Waals surface area contributed by atoms with Crippen LogP contribution in [0.4, 0.5) is 5.82 Å². The highest BCUT2D eigenvalue weighted by atomic mass is 32.1. The van der Waals surface area contributed by atoms with E-state index in [4.69, 9.17) is 9.97 Å². The molecule has 1 amide bonds. The fraction of sp³-hybridized carbons (Fsp3) is 0.381. The predicted molar refractivity (Wildman–Crippen MR) is 114 cm³/mol. The van der Waals surface area contributed by atoms with E-state index >= 15 is 0 Å². The van der Waals surface area contributed by atoms with Gasteiger partial charge in [-0.25, -0.2) is 9.97 Å². The van der Waals surface area contributed by atoms with Crippen LogP contribution in [-0.4, -0.2) is 60.0 Å². The number of anilines is 1. The van der Waals surface area contributed by atoms with Crippen LogP contribution in [0.5, 0.6) is 0 Å². The number of hydrogen-bond acceptors (Lipinski definition) is 5. The quantitative estimate of drug-likeness (QED) is 0.668. The average molecular weight is 397 g/mol. The summed E-state index contributed by atoms with van der Waals surface area (Å²) in [6, 6.07) is 12.0. The first-order chi connectivity index (χ1) is 13.7. The number of rotatable bonds is 6. The van der Waals surface area contributed by atoms with Crippen molar-refractivity contribution in [2.75, 3.05) is 44.6 Å². The average Bonchev–Trinajstić information content (AvgIpc) is 3.28. The van der Waals surface area contributed by atoms with Crippen LogP contribution in [0.15, 0.2) is 41.8 Å². The van der Waals surface area contributed by atoms with E-state index in [0.717, 1.165) is 60.1 Å². The Labute approximate surface area is 169 Å². The van der Waals surface area contributed by atoms with Gasteiger partial charge in [0.25, 0.3) is 0 Å². The smallest absolute Gasteiger partial charge is 0.224 e. The molecule has 2 N–H and O–H groups in total. The van der Waals surface area contributed by atoms with Crippen molar-refractivity contribution in [1.29, 1.82) is 0 Å². The summed E-state index contributed by atoms with van der Waals surface area (Å²) in [4.78, 5) is 26.6. The fourth-order valence-corrected chi connectivity index (χ4v) is 4.26. The number of likely N-dealkylation sites (N-methyl/N-ethyl adjacent to an activating group) is 1. The molecule has 0 atom stereocenters. The maximum absolute atomic E-state index is 12.5. The molecule has 1 fully saturated rings. The van der Waals surface area contributed by atoms with Crippen LogP contribution in [0.2, 0.25) is 0 Å². The third kappa shape index (κ3) is 4.15. The van der Waals surface area contributed by atoms with Crippen LogP contribution in [0.25, 0.3) is 21.6 Å². The topological polar surface area (TPSA) is 62.6 Å². The fourth-order valence-electron chi connectivity index (χ4n) is 3.60. The molecule has 4 rings (SSSR count). The van der Waals surface area contributed by atoms with Crippen molar-refractivity contribution < 1.29 is 9.69 Å². The van der Waals surface area contributed by atoms with E-state index in [2.05, 4.69) is 12.2 Å². The van der Waals surface area contributed by atoms with Crippen molar-refractivity contribution >= 4 is 34.0 Å². The Morgan fingerprint density at radius 2 is 2.00 bits per heavy atom. The summed E-state index contributed by atoms with van der Waals surface area (Å²) in [5.41, 5.74) is 0.911. The summed E-state index contributed by atoms with van der Waals surface area (Å²) in [6.45, 7) is 7.74. The highest BCUT2D eigenvalue weighted by Gasteiger charge is 2.22. The van der Waals surface area contributed by atoms with Gasteiger partial charge in [0, 0.05) is 18.4 Å². The van der Waals surface area contributed by atoms with Crippen molar-refractivity contribution in [2.45, 2.75) is 13.3 Å². The maximum atomic E-state index is 12.5. The molecule has 0 bridgehead atoms. The Morgan fingerprint density at radius 3 is 2.75 bits per heavy atom. The second-order valence-electron chi connectivity index (χ2n) is 7.05. The Kier molecular flexibility index (Phi) is 5.83. The molecule has 0 radical (unpaired) electrons. The lowest BCUT2D eigenvalue weighted by Gasteiger charge is -2.31. The molecule has 0 saturated carbocycles. The summed E-state index contributed by atoms with van der Waals surface area (Å²) in [7, 11) is 0. The lowest BCUT2D eigenvalue weighted by atomic mass is 10.2. The molecule has 1 aromatic carbocycles. The van der Waals surface area contributed by atoms with E-state index < -0.39 is 0 Å². The number of quaternary nitrogens is 1. The van der Waals surface area contributed by atoms with E-state index in [1.54, 1.807) is 16.2 Å². The lowest BCUT2D eigenvalue weighted by Crippen LogP contribution is -3.14. The Hall–Kier alpha value is -2.51. The van der Waals surface area contributed by atoms with E-state index in [1.807, 2.05) is 46.7 Å². The van der Waals surface area contributed by atoms with Crippen LogP contribution in [0.3, 0.4) is 0 Å². The number of fused-ring (bicyclic) bond motifs is 1. The number of aromatic nitrogens is 2. The first kappa shape index (κ1) is 18.8. The number of piperazine rings is 1. The molecule has 6 nitrogen and oxygen atoms in total. The Balaban J connectivity index is 1.44. The first-order valence-corrected chi connectivity index (χ1v) is 10.8. The second kappa shape index (κ2) is 8.67. The molecular formula is C21H26N5OS+. The first-order valence-electron chi connectivity index (χ1n) is 9.90. The molecule has 28 heavy (non-hydrogen) atoms. The molecule has 1 saturated heterocycles. The summed E-state index contributed by atoms with van der Waals surface area (Å²) >= 11 is 1.63. The van der Waals surface area contributed by atoms with Crippen LogP contribution < -0.4 is 10.2 Å². The minimum absolute atomic E-state index is 0.222. The van der Waals surface area contributed by atoms with Crippen molar-refractivity contribution in [3.8, 4) is 10.7 Å². The van der Waals surface area contributed by atoms with Gasteiger partial charge in [0.1, 0.15) is 5.82 Å².